The van der Waals surface area contributed by atoms with Crippen molar-refractivity contribution < 1.29 is 9.90 Å². The van der Waals surface area contributed by atoms with E-state index in [0.717, 1.165) is 5.52 Å². The molecule has 0 radical (unpaired) electrons. The smallest absolute Gasteiger partial charge is 0.353 e. The van der Waals surface area contributed by atoms with Crippen molar-refractivity contribution in [1.29, 1.82) is 0 Å². The molecule has 0 aliphatic rings. The van der Waals surface area contributed by atoms with Crippen molar-refractivity contribution in [2.45, 2.75) is 0 Å². The van der Waals surface area contributed by atoms with Gasteiger partial charge in [-0.05, 0) is 28.1 Å². The topological polar surface area (TPSA) is 55.1 Å². The van der Waals surface area contributed by atoms with E-state index in [4.69, 9.17) is 5.11 Å². The molecule has 2 aromatic heterocycles. The van der Waals surface area contributed by atoms with Crippen LogP contribution in [0.2, 0.25) is 0 Å². The average molecular weight is 255 g/mol. The first kappa shape index (κ1) is 9.21. The van der Waals surface area contributed by atoms with Gasteiger partial charge in [-0.1, -0.05) is 0 Å². The largest absolute Gasteiger partial charge is 0.477 e. The molecular weight excluding hydrogens is 248 g/mol. The number of aromatic nitrogens is 2. The average Bonchev–Trinajstić information content (AvgIpc) is 2.41. The molecule has 0 aliphatic heterocycles. The molecule has 14 heavy (non-hydrogen) atoms. The standard InChI is InChI=1S/C9H7BrN2O2/c1-12-5-3-2-4-11-7(5)6(10)8(12)9(13)14/h2-4H,1H3,(H,13,14). The summed E-state index contributed by atoms with van der Waals surface area (Å²) in [7, 11) is 1.71. The number of rotatable bonds is 1. The molecule has 0 amide bonds. The number of carboxylic acids is 1. The SMILES string of the molecule is Cn1c(C(=O)O)c(Br)c2ncccc21. The number of hydrogen-bond acceptors (Lipinski definition) is 2. The number of hydrogen-bond donors (Lipinski definition) is 1. The van der Waals surface area contributed by atoms with E-state index < -0.39 is 5.97 Å². The van der Waals surface area contributed by atoms with Gasteiger partial charge < -0.3 is 9.67 Å². The number of carbonyl (C=O) groups is 1. The van der Waals surface area contributed by atoms with Crippen LogP contribution in [0, 0.1) is 0 Å². The molecule has 0 fully saturated rings. The van der Waals surface area contributed by atoms with E-state index in [-0.39, 0.29) is 5.69 Å². The summed E-state index contributed by atoms with van der Waals surface area (Å²) in [5.74, 6) is -0.961. The lowest BCUT2D eigenvalue weighted by Crippen LogP contribution is -2.04. The summed E-state index contributed by atoms with van der Waals surface area (Å²) in [6, 6.07) is 3.61. The van der Waals surface area contributed by atoms with Gasteiger partial charge in [0.1, 0.15) is 11.2 Å². The second kappa shape index (κ2) is 3.09. The summed E-state index contributed by atoms with van der Waals surface area (Å²) in [4.78, 5) is 15.0. The zero-order valence-electron chi connectivity index (χ0n) is 7.36. The molecule has 0 spiro atoms. The van der Waals surface area contributed by atoms with Gasteiger partial charge in [-0.3, -0.25) is 4.98 Å². The van der Waals surface area contributed by atoms with Gasteiger partial charge in [0.15, 0.2) is 0 Å². The first-order valence-electron chi connectivity index (χ1n) is 3.95. The third-order valence-corrected chi connectivity index (χ3v) is 2.85. The Morgan fingerprint density at radius 3 is 2.93 bits per heavy atom. The van der Waals surface area contributed by atoms with Crippen molar-refractivity contribution in [3.8, 4) is 0 Å². The Morgan fingerprint density at radius 1 is 1.64 bits per heavy atom. The van der Waals surface area contributed by atoms with Gasteiger partial charge in [0.2, 0.25) is 0 Å². The number of pyridine rings is 1. The van der Waals surface area contributed by atoms with Crippen LogP contribution in [0.5, 0.6) is 0 Å². The molecule has 1 N–H and O–H groups in total. The zero-order valence-corrected chi connectivity index (χ0v) is 8.95. The summed E-state index contributed by atoms with van der Waals surface area (Å²) in [6.07, 6.45) is 1.64. The predicted octanol–water partition coefficient (Wildman–Crippen LogP) is 2.03. The maximum absolute atomic E-state index is 10.9. The van der Waals surface area contributed by atoms with Crippen LogP contribution >= 0.6 is 15.9 Å². The van der Waals surface area contributed by atoms with Gasteiger partial charge in [0, 0.05) is 13.2 Å². The van der Waals surface area contributed by atoms with Crippen LogP contribution in [0.25, 0.3) is 11.0 Å². The second-order valence-electron chi connectivity index (χ2n) is 2.90. The fraction of sp³-hybridized carbons (Fsp3) is 0.111. The number of aromatic carboxylic acids is 1. The normalized spacial score (nSPS) is 10.7. The molecular formula is C9H7BrN2O2. The van der Waals surface area contributed by atoms with Crippen molar-refractivity contribution in [1.82, 2.24) is 9.55 Å². The minimum Gasteiger partial charge on any atom is -0.477 e. The Kier molecular flexibility index (Phi) is 2.03. The maximum Gasteiger partial charge on any atom is 0.353 e. The molecule has 0 unspecified atom stereocenters. The van der Waals surface area contributed by atoms with Crippen molar-refractivity contribution in [3.63, 3.8) is 0 Å². The van der Waals surface area contributed by atoms with Gasteiger partial charge >= 0.3 is 5.97 Å². The van der Waals surface area contributed by atoms with E-state index in [2.05, 4.69) is 20.9 Å². The van der Waals surface area contributed by atoms with Gasteiger partial charge in [0.05, 0.1) is 9.99 Å². The molecule has 0 aliphatic carbocycles. The lowest BCUT2D eigenvalue weighted by atomic mass is 10.4. The molecule has 5 heteroatoms. The van der Waals surface area contributed by atoms with Crippen LogP contribution in [-0.2, 0) is 7.05 Å². The fourth-order valence-electron chi connectivity index (χ4n) is 1.45. The van der Waals surface area contributed by atoms with Crippen LogP contribution in [0.4, 0.5) is 0 Å². The van der Waals surface area contributed by atoms with Crippen molar-refractivity contribution >= 4 is 32.9 Å². The van der Waals surface area contributed by atoms with Gasteiger partial charge in [-0.2, -0.15) is 0 Å². The van der Waals surface area contributed by atoms with Gasteiger partial charge in [-0.15, -0.1) is 0 Å². The summed E-state index contributed by atoms with van der Waals surface area (Å²) >= 11 is 3.24. The predicted molar refractivity (Wildman–Crippen MR) is 55.4 cm³/mol. The van der Waals surface area contributed by atoms with E-state index in [1.54, 1.807) is 23.9 Å². The third-order valence-electron chi connectivity index (χ3n) is 2.10. The highest BCUT2D eigenvalue weighted by Gasteiger charge is 2.18. The highest BCUT2D eigenvalue weighted by Crippen LogP contribution is 2.28. The van der Waals surface area contributed by atoms with Crippen molar-refractivity contribution in [3.05, 3.63) is 28.5 Å². The van der Waals surface area contributed by atoms with Crippen LogP contribution in [0.1, 0.15) is 10.5 Å². The molecule has 2 aromatic rings. The summed E-state index contributed by atoms with van der Waals surface area (Å²) in [5.41, 5.74) is 1.70. The highest BCUT2D eigenvalue weighted by atomic mass is 79.9. The lowest BCUT2D eigenvalue weighted by molar-refractivity contribution is 0.0686. The van der Waals surface area contributed by atoms with E-state index in [9.17, 15) is 4.79 Å². The molecule has 2 heterocycles. The summed E-state index contributed by atoms with van der Waals surface area (Å²) in [6.45, 7) is 0. The van der Waals surface area contributed by atoms with E-state index in [1.807, 2.05) is 6.07 Å². The van der Waals surface area contributed by atoms with Crippen molar-refractivity contribution in [2.75, 3.05) is 0 Å². The molecule has 0 bridgehead atoms. The number of carboxylic acid groups (broad SMARTS) is 1. The van der Waals surface area contributed by atoms with Crippen LogP contribution in [0.3, 0.4) is 0 Å². The number of fused-ring (bicyclic) bond motifs is 1. The minimum absolute atomic E-state index is 0.221. The molecule has 0 atom stereocenters. The quantitative estimate of drug-likeness (QED) is 0.848. The van der Waals surface area contributed by atoms with E-state index >= 15 is 0 Å². The first-order valence-corrected chi connectivity index (χ1v) is 4.74. The molecule has 72 valence electrons. The molecule has 2 rings (SSSR count). The maximum atomic E-state index is 10.9. The summed E-state index contributed by atoms with van der Waals surface area (Å²) in [5, 5.41) is 8.97. The van der Waals surface area contributed by atoms with Gasteiger partial charge in [-0.25, -0.2) is 4.79 Å². The Hall–Kier alpha value is -1.36. The Balaban J connectivity index is 2.92. The number of halogens is 1. The third kappa shape index (κ3) is 1.13. The van der Waals surface area contributed by atoms with Gasteiger partial charge in [0.25, 0.3) is 0 Å². The van der Waals surface area contributed by atoms with Crippen LogP contribution in [-0.4, -0.2) is 20.6 Å². The Bertz CT molecular complexity index is 480. The monoisotopic (exact) mass is 254 g/mol. The fourth-order valence-corrected chi connectivity index (χ4v) is 2.19. The molecule has 4 nitrogen and oxygen atoms in total. The summed E-state index contributed by atoms with van der Waals surface area (Å²) < 4.78 is 2.14. The lowest BCUT2D eigenvalue weighted by Gasteiger charge is -1.97. The molecule has 0 aromatic carbocycles. The van der Waals surface area contributed by atoms with Crippen molar-refractivity contribution in [2.24, 2.45) is 7.05 Å². The Morgan fingerprint density at radius 2 is 2.36 bits per heavy atom. The first-order chi connectivity index (χ1) is 6.63. The highest BCUT2D eigenvalue weighted by molar-refractivity contribution is 9.10. The van der Waals surface area contributed by atoms with E-state index in [1.165, 1.54) is 0 Å². The van der Waals surface area contributed by atoms with Crippen LogP contribution in [0.15, 0.2) is 22.8 Å². The molecule has 0 saturated heterocycles. The minimum atomic E-state index is -0.961. The second-order valence-corrected chi connectivity index (χ2v) is 3.69. The number of aryl methyl sites for hydroxylation is 1. The molecule has 0 saturated carbocycles. The Labute approximate surface area is 88.3 Å². The number of nitrogens with zero attached hydrogens (tertiary/aromatic N) is 2. The van der Waals surface area contributed by atoms with Crippen LogP contribution < -0.4 is 0 Å². The zero-order chi connectivity index (χ0) is 10.3. The van der Waals surface area contributed by atoms with E-state index in [0.29, 0.717) is 9.99 Å².